The van der Waals surface area contributed by atoms with E-state index in [4.69, 9.17) is 14.2 Å². The lowest BCUT2D eigenvalue weighted by molar-refractivity contribution is -0.133. The molecule has 1 N–H and O–H groups in total. The lowest BCUT2D eigenvalue weighted by atomic mass is 10.1. The normalized spacial score (nSPS) is 22.4. The first-order valence-electron chi connectivity index (χ1n) is 8.98. The third-order valence-corrected chi connectivity index (χ3v) is 5.29. The molecule has 1 aromatic carbocycles. The van der Waals surface area contributed by atoms with Crippen LogP contribution in [0.4, 0.5) is 0 Å². The molecule has 138 valence electrons. The first-order valence-corrected chi connectivity index (χ1v) is 8.98. The number of carbonyl (C=O) groups is 1. The van der Waals surface area contributed by atoms with Gasteiger partial charge in [-0.2, -0.15) is 0 Å². The van der Waals surface area contributed by atoms with Crippen molar-refractivity contribution < 1.29 is 19.0 Å². The van der Waals surface area contributed by atoms with Gasteiger partial charge in [-0.25, -0.2) is 0 Å². The molecule has 2 saturated heterocycles. The van der Waals surface area contributed by atoms with E-state index in [1.807, 2.05) is 12.1 Å². The van der Waals surface area contributed by atoms with Crippen molar-refractivity contribution >= 4 is 5.91 Å². The van der Waals surface area contributed by atoms with E-state index >= 15 is 0 Å². The van der Waals surface area contributed by atoms with Crippen molar-refractivity contribution in [1.29, 1.82) is 0 Å². The summed E-state index contributed by atoms with van der Waals surface area (Å²) in [4.78, 5) is 15.0. The minimum absolute atomic E-state index is 0.255. The molecule has 0 spiro atoms. The van der Waals surface area contributed by atoms with Crippen LogP contribution in [-0.2, 0) is 11.2 Å². The fourth-order valence-electron chi connectivity index (χ4n) is 4.05. The summed E-state index contributed by atoms with van der Waals surface area (Å²) >= 11 is 0. The summed E-state index contributed by atoms with van der Waals surface area (Å²) in [6.45, 7) is 1.93. The van der Waals surface area contributed by atoms with Crippen molar-refractivity contribution in [3.8, 4) is 17.2 Å². The molecule has 0 radical (unpaired) electrons. The maximum Gasteiger partial charge on any atom is 0.223 e. The van der Waals surface area contributed by atoms with Gasteiger partial charge in [0.15, 0.2) is 11.5 Å². The van der Waals surface area contributed by atoms with Crippen molar-refractivity contribution in [3.63, 3.8) is 0 Å². The lowest BCUT2D eigenvalue weighted by Crippen LogP contribution is -2.42. The zero-order chi connectivity index (χ0) is 17.8. The van der Waals surface area contributed by atoms with Crippen molar-refractivity contribution in [2.45, 2.75) is 44.2 Å². The molecule has 0 aliphatic carbocycles. The minimum atomic E-state index is 0.255. The Balaban J connectivity index is 1.70. The molecule has 25 heavy (non-hydrogen) atoms. The van der Waals surface area contributed by atoms with E-state index in [9.17, 15) is 4.79 Å². The molecule has 0 aromatic heterocycles. The van der Waals surface area contributed by atoms with Gasteiger partial charge in [0.25, 0.3) is 0 Å². The van der Waals surface area contributed by atoms with E-state index in [1.165, 1.54) is 0 Å². The number of hydrogen-bond donors (Lipinski definition) is 1. The molecule has 6 heteroatoms. The number of hydrogen-bond acceptors (Lipinski definition) is 5. The second-order valence-corrected chi connectivity index (χ2v) is 6.71. The molecule has 0 saturated carbocycles. The van der Waals surface area contributed by atoms with Gasteiger partial charge in [0.1, 0.15) is 0 Å². The predicted molar refractivity (Wildman–Crippen MR) is 95.6 cm³/mol. The number of carbonyl (C=O) groups excluding carboxylic acids is 1. The molecular weight excluding hydrogens is 320 g/mol. The predicted octanol–water partition coefficient (Wildman–Crippen LogP) is 2.00. The Morgan fingerprint density at radius 3 is 2.40 bits per heavy atom. The molecule has 2 fully saturated rings. The van der Waals surface area contributed by atoms with E-state index in [2.05, 4.69) is 10.2 Å². The second-order valence-electron chi connectivity index (χ2n) is 6.71. The number of aryl methyl sites for hydroxylation is 1. The van der Waals surface area contributed by atoms with Gasteiger partial charge in [0.05, 0.1) is 21.3 Å². The number of rotatable bonds is 6. The Hall–Kier alpha value is -1.95. The number of benzene rings is 1. The van der Waals surface area contributed by atoms with Crippen LogP contribution in [0.5, 0.6) is 17.2 Å². The van der Waals surface area contributed by atoms with Crippen molar-refractivity contribution in [3.05, 3.63) is 17.7 Å². The smallest absolute Gasteiger partial charge is 0.223 e. The monoisotopic (exact) mass is 348 g/mol. The Bertz CT molecular complexity index is 580. The molecule has 2 heterocycles. The van der Waals surface area contributed by atoms with Gasteiger partial charge in [0, 0.05) is 25.0 Å². The molecular formula is C19H28N2O4. The fraction of sp³-hybridized carbons (Fsp3) is 0.632. The highest BCUT2D eigenvalue weighted by molar-refractivity contribution is 5.77. The Labute approximate surface area is 149 Å². The van der Waals surface area contributed by atoms with Crippen LogP contribution in [0.3, 0.4) is 0 Å². The summed E-state index contributed by atoms with van der Waals surface area (Å²) in [6.07, 6.45) is 4.49. The Kier molecular flexibility index (Phi) is 5.68. The van der Waals surface area contributed by atoms with Gasteiger partial charge in [-0.15, -0.1) is 0 Å². The van der Waals surface area contributed by atoms with E-state index in [-0.39, 0.29) is 5.91 Å². The molecule has 2 atom stereocenters. The van der Waals surface area contributed by atoms with Crippen LogP contribution < -0.4 is 19.5 Å². The van der Waals surface area contributed by atoms with Gasteiger partial charge in [-0.3, -0.25) is 4.79 Å². The van der Waals surface area contributed by atoms with Crippen molar-refractivity contribution in [1.82, 2.24) is 10.2 Å². The summed E-state index contributed by atoms with van der Waals surface area (Å²) in [6, 6.07) is 4.62. The SMILES string of the molecule is COc1cc(CCC(=O)N2C3CCNCC2CC3)cc(OC)c1OC. The van der Waals surface area contributed by atoms with Crippen molar-refractivity contribution in [2.24, 2.45) is 0 Å². The molecule has 3 rings (SSSR count). The molecule has 2 aliphatic heterocycles. The average Bonchev–Trinajstić information content (AvgIpc) is 2.91. The molecule has 1 amide bonds. The average molecular weight is 348 g/mol. The molecule has 2 unspecified atom stereocenters. The number of nitrogens with zero attached hydrogens (tertiary/aromatic N) is 1. The second kappa shape index (κ2) is 7.95. The quantitative estimate of drug-likeness (QED) is 0.852. The van der Waals surface area contributed by atoms with Gasteiger partial charge >= 0.3 is 0 Å². The standard InChI is InChI=1S/C19H28N2O4/c1-23-16-10-13(11-17(24-2)19(16)25-3)4-7-18(22)21-14-5-6-15(21)12-20-9-8-14/h10-11,14-15,20H,4-9,12H2,1-3H3. The van der Waals surface area contributed by atoms with Crippen LogP contribution in [0.2, 0.25) is 0 Å². The van der Waals surface area contributed by atoms with Crippen LogP contribution in [0, 0.1) is 0 Å². The maximum atomic E-state index is 12.8. The topological polar surface area (TPSA) is 60.0 Å². The number of amides is 1. The summed E-state index contributed by atoms with van der Waals surface area (Å²) in [5, 5.41) is 3.44. The third kappa shape index (κ3) is 3.68. The van der Waals surface area contributed by atoms with E-state index < -0.39 is 0 Å². The molecule has 2 bridgehead atoms. The third-order valence-electron chi connectivity index (χ3n) is 5.29. The summed E-state index contributed by atoms with van der Waals surface area (Å²) in [5.74, 6) is 2.09. The Morgan fingerprint density at radius 1 is 1.08 bits per heavy atom. The van der Waals surface area contributed by atoms with E-state index in [0.717, 1.165) is 37.9 Å². The van der Waals surface area contributed by atoms with Gasteiger partial charge in [-0.05, 0) is 49.9 Å². The first-order chi connectivity index (χ1) is 12.2. The molecule has 2 aliphatic rings. The number of fused-ring (bicyclic) bond motifs is 2. The number of nitrogens with one attached hydrogen (secondary N) is 1. The highest BCUT2D eigenvalue weighted by Gasteiger charge is 2.37. The van der Waals surface area contributed by atoms with Gasteiger partial charge in [0.2, 0.25) is 11.7 Å². The van der Waals surface area contributed by atoms with Crippen LogP contribution >= 0.6 is 0 Å². The largest absolute Gasteiger partial charge is 0.493 e. The maximum absolute atomic E-state index is 12.8. The molecule has 6 nitrogen and oxygen atoms in total. The van der Waals surface area contributed by atoms with Crippen molar-refractivity contribution in [2.75, 3.05) is 34.4 Å². The van der Waals surface area contributed by atoms with Crippen LogP contribution in [0.15, 0.2) is 12.1 Å². The summed E-state index contributed by atoms with van der Waals surface area (Å²) < 4.78 is 16.1. The van der Waals surface area contributed by atoms with Crippen LogP contribution in [-0.4, -0.2) is 57.3 Å². The fourth-order valence-corrected chi connectivity index (χ4v) is 4.05. The van der Waals surface area contributed by atoms with Gasteiger partial charge < -0.3 is 24.4 Å². The summed E-state index contributed by atoms with van der Waals surface area (Å²) in [7, 11) is 4.80. The highest BCUT2D eigenvalue weighted by atomic mass is 16.5. The van der Waals surface area contributed by atoms with Crippen LogP contribution in [0.25, 0.3) is 0 Å². The first kappa shape index (κ1) is 17.9. The Morgan fingerprint density at radius 2 is 1.76 bits per heavy atom. The van der Waals surface area contributed by atoms with Crippen LogP contribution in [0.1, 0.15) is 31.2 Å². The van der Waals surface area contributed by atoms with Gasteiger partial charge in [-0.1, -0.05) is 0 Å². The number of ether oxygens (including phenoxy) is 3. The highest BCUT2D eigenvalue weighted by Crippen LogP contribution is 2.38. The van der Waals surface area contributed by atoms with E-state index in [1.54, 1.807) is 21.3 Å². The molecule has 1 aromatic rings. The summed E-state index contributed by atoms with van der Waals surface area (Å²) in [5.41, 5.74) is 1.02. The lowest BCUT2D eigenvalue weighted by Gasteiger charge is -2.28. The van der Waals surface area contributed by atoms with E-state index in [0.29, 0.717) is 42.2 Å². The minimum Gasteiger partial charge on any atom is -0.493 e. The number of methoxy groups -OCH3 is 3. The zero-order valence-corrected chi connectivity index (χ0v) is 15.3. The zero-order valence-electron chi connectivity index (χ0n) is 15.3.